The van der Waals surface area contributed by atoms with Crippen molar-refractivity contribution in [3.8, 4) is 11.5 Å². The Morgan fingerprint density at radius 1 is 1.12 bits per heavy atom. The van der Waals surface area contributed by atoms with Crippen LogP contribution in [0.15, 0.2) is 70.3 Å². The molecule has 0 radical (unpaired) electrons. The Hall–Kier alpha value is -3.05. The zero-order valence-corrected chi connectivity index (χ0v) is 20.6. The maximum atomic E-state index is 10.2. The molecule has 0 aliphatic carbocycles. The summed E-state index contributed by atoms with van der Waals surface area (Å²) in [6.07, 6.45) is 4.29. The van der Waals surface area contributed by atoms with Gasteiger partial charge in [-0.2, -0.15) is 0 Å². The van der Waals surface area contributed by atoms with E-state index in [2.05, 4.69) is 25.3 Å². The second-order valence-corrected chi connectivity index (χ2v) is 10.0. The number of hydrogen-bond donors (Lipinski definition) is 3. The molecule has 0 aliphatic heterocycles. The Bertz CT molecular complexity index is 1250. The third kappa shape index (κ3) is 5.53. The molecule has 3 N–H and O–H groups in total. The quantitative estimate of drug-likeness (QED) is 0.297. The van der Waals surface area contributed by atoms with Crippen LogP contribution < -0.4 is 10.1 Å². The normalized spacial score (nSPS) is 12.4. The second-order valence-electron chi connectivity index (χ2n) is 8.06. The molecule has 4 aromatic heterocycles. The summed E-state index contributed by atoms with van der Waals surface area (Å²) >= 11 is 2.87. The Kier molecular flexibility index (Phi) is 7.42. The van der Waals surface area contributed by atoms with Crippen molar-refractivity contribution in [3.05, 3.63) is 71.8 Å². The minimum atomic E-state index is -0.920. The smallest absolute Gasteiger partial charge is 0.188 e. The SMILES string of the molecule is Cc1ncccc1Oc1cc(Sc2ccccn2)cnc1Nc1nc(C(C)(C)C(O)CO)cs1. The molecule has 0 spiro atoms. The Morgan fingerprint density at radius 2 is 1.94 bits per heavy atom. The van der Waals surface area contributed by atoms with E-state index in [0.29, 0.717) is 28.1 Å². The van der Waals surface area contributed by atoms with Crippen molar-refractivity contribution in [1.29, 1.82) is 0 Å². The number of rotatable bonds is 9. The van der Waals surface area contributed by atoms with Gasteiger partial charge in [0.1, 0.15) is 10.8 Å². The van der Waals surface area contributed by atoms with E-state index in [1.165, 1.54) is 23.1 Å². The van der Waals surface area contributed by atoms with Crippen LogP contribution in [0, 0.1) is 6.92 Å². The highest BCUT2D eigenvalue weighted by Crippen LogP contribution is 2.37. The Morgan fingerprint density at radius 3 is 2.68 bits per heavy atom. The first kappa shape index (κ1) is 24.1. The highest BCUT2D eigenvalue weighted by molar-refractivity contribution is 7.99. The number of aromatic nitrogens is 4. The van der Waals surface area contributed by atoms with Crippen LogP contribution in [0.3, 0.4) is 0 Å². The van der Waals surface area contributed by atoms with E-state index in [1.807, 2.05) is 62.5 Å². The van der Waals surface area contributed by atoms with E-state index in [0.717, 1.165) is 15.6 Å². The fraction of sp³-hybridized carbons (Fsp3) is 0.250. The average molecular weight is 496 g/mol. The van der Waals surface area contributed by atoms with Gasteiger partial charge < -0.3 is 20.3 Å². The van der Waals surface area contributed by atoms with E-state index in [-0.39, 0.29) is 6.61 Å². The lowest BCUT2D eigenvalue weighted by Crippen LogP contribution is -2.36. The number of pyridine rings is 3. The molecule has 0 amide bonds. The van der Waals surface area contributed by atoms with Gasteiger partial charge in [0.15, 0.2) is 16.7 Å². The molecular weight excluding hydrogens is 470 g/mol. The summed E-state index contributed by atoms with van der Waals surface area (Å²) in [6, 6.07) is 11.3. The first-order chi connectivity index (χ1) is 16.4. The maximum absolute atomic E-state index is 10.2. The first-order valence-electron chi connectivity index (χ1n) is 10.6. The van der Waals surface area contributed by atoms with Gasteiger partial charge in [0.25, 0.3) is 0 Å². The van der Waals surface area contributed by atoms with E-state index < -0.39 is 11.5 Å². The predicted octanol–water partition coefficient (Wildman–Crippen LogP) is 4.95. The number of aryl methyl sites for hydroxylation is 1. The fourth-order valence-corrected chi connectivity index (χ4v) is 4.66. The van der Waals surface area contributed by atoms with Gasteiger partial charge in [-0.3, -0.25) is 4.98 Å². The van der Waals surface area contributed by atoms with Gasteiger partial charge in [-0.15, -0.1) is 11.3 Å². The molecule has 0 saturated heterocycles. The topological polar surface area (TPSA) is 113 Å². The molecular formula is C24H25N5O3S2. The van der Waals surface area contributed by atoms with Crippen LogP contribution in [0.1, 0.15) is 25.2 Å². The van der Waals surface area contributed by atoms with Gasteiger partial charge >= 0.3 is 0 Å². The van der Waals surface area contributed by atoms with E-state index in [1.54, 1.807) is 18.6 Å². The van der Waals surface area contributed by atoms with Crippen LogP contribution in [-0.2, 0) is 5.41 Å². The summed E-state index contributed by atoms with van der Waals surface area (Å²) in [7, 11) is 0. The number of nitrogens with zero attached hydrogens (tertiary/aromatic N) is 4. The molecule has 0 aromatic carbocycles. The lowest BCUT2D eigenvalue weighted by molar-refractivity contribution is 0.0398. The van der Waals surface area contributed by atoms with E-state index >= 15 is 0 Å². The first-order valence-corrected chi connectivity index (χ1v) is 12.3. The van der Waals surface area contributed by atoms with Gasteiger partial charge in [0, 0.05) is 40.3 Å². The van der Waals surface area contributed by atoms with Crippen LogP contribution in [-0.4, -0.2) is 42.9 Å². The van der Waals surface area contributed by atoms with Crippen LogP contribution >= 0.6 is 23.1 Å². The van der Waals surface area contributed by atoms with Crippen molar-refractivity contribution in [2.75, 3.05) is 11.9 Å². The van der Waals surface area contributed by atoms with Gasteiger partial charge in [0.05, 0.1) is 24.1 Å². The molecule has 0 aliphatic rings. The average Bonchev–Trinajstić information content (AvgIpc) is 3.32. The second kappa shape index (κ2) is 10.5. The van der Waals surface area contributed by atoms with Gasteiger partial charge in [-0.05, 0) is 31.2 Å². The molecule has 4 rings (SSSR count). The predicted molar refractivity (Wildman–Crippen MR) is 133 cm³/mol. The summed E-state index contributed by atoms with van der Waals surface area (Å²) in [4.78, 5) is 18.7. The number of aliphatic hydroxyl groups is 2. The molecule has 34 heavy (non-hydrogen) atoms. The van der Waals surface area contributed by atoms with Crippen molar-refractivity contribution in [1.82, 2.24) is 19.9 Å². The van der Waals surface area contributed by atoms with Crippen molar-refractivity contribution in [3.63, 3.8) is 0 Å². The molecule has 10 heteroatoms. The Balaban J connectivity index is 1.64. The third-order valence-corrected chi connectivity index (χ3v) is 6.93. The highest BCUT2D eigenvalue weighted by atomic mass is 32.2. The van der Waals surface area contributed by atoms with Crippen LogP contribution in [0.5, 0.6) is 11.5 Å². The van der Waals surface area contributed by atoms with E-state index in [9.17, 15) is 10.2 Å². The molecule has 4 aromatic rings. The zero-order valence-electron chi connectivity index (χ0n) is 19.0. The Labute approximate surface area is 206 Å². The van der Waals surface area contributed by atoms with Crippen LogP contribution in [0.2, 0.25) is 0 Å². The van der Waals surface area contributed by atoms with Crippen LogP contribution in [0.25, 0.3) is 0 Å². The molecule has 1 atom stereocenters. The van der Waals surface area contributed by atoms with Crippen LogP contribution in [0.4, 0.5) is 10.9 Å². The minimum Gasteiger partial charge on any atom is -0.452 e. The number of hydrogen-bond acceptors (Lipinski definition) is 10. The molecule has 1 unspecified atom stereocenters. The standard InChI is InChI=1S/C24H25N5O3S2/c1-15-17(7-6-10-25-15)32-18-11-16(34-21-8-4-5-9-26-21)12-27-22(18)29-23-28-19(14-33-23)24(2,3)20(31)13-30/h4-12,14,20,30-31H,13H2,1-3H3,(H,27,28,29). The van der Waals surface area contributed by atoms with Crippen molar-refractivity contribution < 1.29 is 14.9 Å². The number of thiazole rings is 1. The summed E-state index contributed by atoms with van der Waals surface area (Å²) in [5.41, 5.74) is 0.732. The number of ether oxygens (including phenoxy) is 1. The van der Waals surface area contributed by atoms with E-state index in [4.69, 9.17) is 4.74 Å². The van der Waals surface area contributed by atoms with Gasteiger partial charge in [-0.25, -0.2) is 15.0 Å². The zero-order chi connectivity index (χ0) is 24.1. The molecule has 0 fully saturated rings. The molecule has 0 saturated carbocycles. The van der Waals surface area contributed by atoms with Crippen molar-refractivity contribution in [2.45, 2.75) is 42.2 Å². The fourth-order valence-electron chi connectivity index (χ4n) is 3.01. The minimum absolute atomic E-state index is 0.341. The lowest BCUT2D eigenvalue weighted by atomic mass is 9.84. The monoisotopic (exact) mass is 495 g/mol. The maximum Gasteiger partial charge on any atom is 0.188 e. The molecule has 176 valence electrons. The molecule has 4 heterocycles. The number of anilines is 2. The highest BCUT2D eigenvalue weighted by Gasteiger charge is 2.32. The van der Waals surface area contributed by atoms with Crippen molar-refractivity contribution in [2.24, 2.45) is 0 Å². The number of aliphatic hydroxyl groups excluding tert-OH is 2. The third-order valence-electron chi connectivity index (χ3n) is 5.26. The summed E-state index contributed by atoms with van der Waals surface area (Å²) < 4.78 is 6.20. The number of nitrogens with one attached hydrogen (secondary N) is 1. The van der Waals surface area contributed by atoms with Gasteiger partial charge in [-0.1, -0.05) is 31.7 Å². The molecule has 0 bridgehead atoms. The summed E-state index contributed by atoms with van der Waals surface area (Å²) in [5.74, 6) is 1.64. The van der Waals surface area contributed by atoms with Crippen molar-refractivity contribution >= 4 is 34.0 Å². The summed E-state index contributed by atoms with van der Waals surface area (Å²) in [6.45, 7) is 5.22. The molecule has 8 nitrogen and oxygen atoms in total. The largest absolute Gasteiger partial charge is 0.452 e. The lowest BCUT2D eigenvalue weighted by Gasteiger charge is -2.27. The van der Waals surface area contributed by atoms with Gasteiger partial charge in [0.2, 0.25) is 0 Å². The summed E-state index contributed by atoms with van der Waals surface area (Å²) in [5, 5.41) is 26.1.